The maximum Gasteiger partial charge on any atom is 0.259 e. The van der Waals surface area contributed by atoms with Crippen LogP contribution in [0.1, 0.15) is 41.5 Å². The van der Waals surface area contributed by atoms with Crippen LogP contribution in [0.25, 0.3) is 11.1 Å². The topological polar surface area (TPSA) is 106 Å². The second-order valence-electron chi connectivity index (χ2n) is 5.72. The highest BCUT2D eigenvalue weighted by Crippen LogP contribution is 2.24. The van der Waals surface area contributed by atoms with Crippen molar-refractivity contribution in [2.24, 2.45) is 0 Å². The van der Waals surface area contributed by atoms with Crippen molar-refractivity contribution in [3.8, 4) is 0 Å². The highest BCUT2D eigenvalue weighted by Gasteiger charge is 2.20. The van der Waals surface area contributed by atoms with Crippen LogP contribution in [0.15, 0.2) is 10.6 Å². The highest BCUT2D eigenvalue weighted by atomic mass is 16.5. The molecule has 0 fully saturated rings. The highest BCUT2D eigenvalue weighted by molar-refractivity contribution is 6.06. The lowest BCUT2D eigenvalue weighted by Crippen LogP contribution is -2.38. The molecule has 8 heteroatoms. The van der Waals surface area contributed by atoms with Crippen LogP contribution in [0.4, 0.5) is 0 Å². The molecule has 0 saturated carbocycles. The molecule has 2 N–H and O–H groups in total. The minimum Gasteiger partial charge on any atom is -0.383 e. The fourth-order valence-electron chi connectivity index (χ4n) is 2.20. The second-order valence-corrected chi connectivity index (χ2v) is 5.72. The summed E-state index contributed by atoms with van der Waals surface area (Å²) in [6, 6.07) is 1.72. The van der Waals surface area contributed by atoms with E-state index in [0.29, 0.717) is 35.5 Å². The van der Waals surface area contributed by atoms with Gasteiger partial charge in [0.05, 0.1) is 29.8 Å². The SMILES string of the molecule is COCCNC(=O)CNC(=O)c1cc(C(C)C)nc2onc(C)c12. The molecule has 2 heterocycles. The van der Waals surface area contributed by atoms with Crippen molar-refractivity contribution < 1.29 is 18.8 Å². The van der Waals surface area contributed by atoms with E-state index in [9.17, 15) is 9.59 Å². The summed E-state index contributed by atoms with van der Waals surface area (Å²) in [5.74, 6) is -0.516. The van der Waals surface area contributed by atoms with Crippen molar-refractivity contribution >= 4 is 22.9 Å². The molecule has 130 valence electrons. The van der Waals surface area contributed by atoms with Crippen LogP contribution in [0.3, 0.4) is 0 Å². The summed E-state index contributed by atoms with van der Waals surface area (Å²) in [6.45, 7) is 6.39. The number of rotatable bonds is 7. The zero-order chi connectivity index (χ0) is 17.7. The van der Waals surface area contributed by atoms with E-state index >= 15 is 0 Å². The van der Waals surface area contributed by atoms with E-state index < -0.39 is 0 Å². The first-order valence-electron chi connectivity index (χ1n) is 7.74. The zero-order valence-corrected chi connectivity index (χ0v) is 14.3. The molecule has 2 amide bonds. The fourth-order valence-corrected chi connectivity index (χ4v) is 2.20. The predicted octanol–water partition coefficient (Wildman–Crippen LogP) is 1.15. The lowest BCUT2D eigenvalue weighted by atomic mass is 10.0. The van der Waals surface area contributed by atoms with E-state index in [2.05, 4.69) is 20.8 Å². The molecule has 2 aromatic heterocycles. The number of hydrogen-bond donors (Lipinski definition) is 2. The first kappa shape index (κ1) is 17.9. The van der Waals surface area contributed by atoms with Gasteiger partial charge < -0.3 is 19.9 Å². The van der Waals surface area contributed by atoms with E-state index in [4.69, 9.17) is 9.26 Å². The molecule has 0 unspecified atom stereocenters. The molecule has 0 bridgehead atoms. The van der Waals surface area contributed by atoms with Gasteiger partial charge in [-0.3, -0.25) is 9.59 Å². The van der Waals surface area contributed by atoms with Crippen LogP contribution in [0.2, 0.25) is 0 Å². The molecule has 0 saturated heterocycles. The number of aromatic nitrogens is 2. The van der Waals surface area contributed by atoms with Gasteiger partial charge in [-0.1, -0.05) is 19.0 Å². The third-order valence-electron chi connectivity index (χ3n) is 3.51. The van der Waals surface area contributed by atoms with Gasteiger partial charge >= 0.3 is 0 Å². The number of carbonyl (C=O) groups excluding carboxylic acids is 2. The molecule has 24 heavy (non-hydrogen) atoms. The first-order valence-corrected chi connectivity index (χ1v) is 7.74. The van der Waals surface area contributed by atoms with Gasteiger partial charge in [-0.15, -0.1) is 0 Å². The molecule has 0 aromatic carbocycles. The maximum atomic E-state index is 12.5. The monoisotopic (exact) mass is 334 g/mol. The number of fused-ring (bicyclic) bond motifs is 1. The number of hydrogen-bond acceptors (Lipinski definition) is 6. The van der Waals surface area contributed by atoms with Crippen LogP contribution < -0.4 is 10.6 Å². The van der Waals surface area contributed by atoms with Crippen LogP contribution in [0.5, 0.6) is 0 Å². The fraction of sp³-hybridized carbons (Fsp3) is 0.500. The van der Waals surface area contributed by atoms with E-state index in [1.165, 1.54) is 0 Å². The lowest BCUT2D eigenvalue weighted by molar-refractivity contribution is -0.120. The molecule has 2 rings (SSSR count). The number of pyridine rings is 1. The van der Waals surface area contributed by atoms with Crippen LogP contribution >= 0.6 is 0 Å². The smallest absolute Gasteiger partial charge is 0.259 e. The summed E-state index contributed by atoms with van der Waals surface area (Å²) in [7, 11) is 1.55. The van der Waals surface area contributed by atoms with Gasteiger partial charge in [-0.2, -0.15) is 0 Å². The molecule has 8 nitrogen and oxygen atoms in total. The molecule has 2 aromatic rings. The zero-order valence-electron chi connectivity index (χ0n) is 14.3. The van der Waals surface area contributed by atoms with Gasteiger partial charge in [-0.25, -0.2) is 4.98 Å². The molecular formula is C16H22N4O4. The number of aryl methyl sites for hydroxylation is 1. The van der Waals surface area contributed by atoms with Crippen molar-refractivity contribution in [1.29, 1.82) is 0 Å². The van der Waals surface area contributed by atoms with E-state index in [1.54, 1.807) is 20.1 Å². The minimum atomic E-state index is -0.363. The minimum absolute atomic E-state index is 0.117. The Morgan fingerprint density at radius 2 is 2.08 bits per heavy atom. The number of methoxy groups -OCH3 is 1. The number of nitrogens with one attached hydrogen (secondary N) is 2. The molecular weight excluding hydrogens is 312 g/mol. The Morgan fingerprint density at radius 1 is 1.33 bits per heavy atom. The standard InChI is InChI=1S/C16H22N4O4/c1-9(2)12-7-11(14-10(3)20-24-16(14)19-12)15(22)18-8-13(21)17-5-6-23-4/h7,9H,5-6,8H2,1-4H3,(H,17,21)(H,18,22). The summed E-state index contributed by atoms with van der Waals surface area (Å²) >= 11 is 0. The van der Waals surface area contributed by atoms with Gasteiger partial charge in [0.15, 0.2) is 0 Å². The number of carbonyl (C=O) groups is 2. The first-order chi connectivity index (χ1) is 11.4. The second kappa shape index (κ2) is 7.87. The lowest BCUT2D eigenvalue weighted by Gasteiger charge is -2.10. The Kier molecular flexibility index (Phi) is 5.86. The van der Waals surface area contributed by atoms with Crippen molar-refractivity contribution in [3.05, 3.63) is 23.0 Å². The average Bonchev–Trinajstić information content (AvgIpc) is 2.93. The van der Waals surface area contributed by atoms with Gasteiger partial charge in [0.2, 0.25) is 5.91 Å². The summed E-state index contributed by atoms with van der Waals surface area (Å²) in [5.41, 5.74) is 2.05. The molecule has 0 aliphatic carbocycles. The summed E-state index contributed by atoms with van der Waals surface area (Å²) in [5, 5.41) is 9.69. The van der Waals surface area contributed by atoms with Crippen molar-refractivity contribution in [2.75, 3.05) is 26.8 Å². The quantitative estimate of drug-likeness (QED) is 0.736. The Bertz CT molecular complexity index is 739. The van der Waals surface area contributed by atoms with Gasteiger partial charge in [0.25, 0.3) is 11.6 Å². The van der Waals surface area contributed by atoms with Crippen molar-refractivity contribution in [1.82, 2.24) is 20.8 Å². The molecule has 0 radical (unpaired) electrons. The normalized spacial score (nSPS) is 11.0. The third kappa shape index (κ3) is 4.08. The number of amides is 2. The van der Waals surface area contributed by atoms with Crippen LogP contribution in [0, 0.1) is 6.92 Å². The molecule has 0 aliphatic rings. The van der Waals surface area contributed by atoms with Gasteiger partial charge in [0, 0.05) is 19.3 Å². The largest absolute Gasteiger partial charge is 0.383 e. The van der Waals surface area contributed by atoms with E-state index in [1.807, 2.05) is 13.8 Å². The molecule has 0 spiro atoms. The Labute approximate surface area is 139 Å². The van der Waals surface area contributed by atoms with Crippen molar-refractivity contribution in [3.63, 3.8) is 0 Å². The molecule has 0 atom stereocenters. The Balaban J connectivity index is 2.16. The molecule has 0 aliphatic heterocycles. The van der Waals surface area contributed by atoms with Gasteiger partial charge in [0.1, 0.15) is 0 Å². The summed E-state index contributed by atoms with van der Waals surface area (Å²) < 4.78 is 10.0. The summed E-state index contributed by atoms with van der Waals surface area (Å²) in [6.07, 6.45) is 0. The van der Waals surface area contributed by atoms with Crippen LogP contribution in [-0.4, -0.2) is 48.8 Å². The predicted molar refractivity (Wildman–Crippen MR) is 87.8 cm³/mol. The number of nitrogens with zero attached hydrogens (tertiary/aromatic N) is 2. The van der Waals surface area contributed by atoms with Crippen molar-refractivity contribution in [2.45, 2.75) is 26.7 Å². The number of ether oxygens (including phenoxy) is 1. The maximum absolute atomic E-state index is 12.5. The van der Waals surface area contributed by atoms with E-state index in [-0.39, 0.29) is 24.3 Å². The van der Waals surface area contributed by atoms with E-state index in [0.717, 1.165) is 5.69 Å². The summed E-state index contributed by atoms with van der Waals surface area (Å²) in [4.78, 5) is 28.6. The third-order valence-corrected chi connectivity index (χ3v) is 3.51. The average molecular weight is 334 g/mol. The Hall–Kier alpha value is -2.48. The van der Waals surface area contributed by atoms with Crippen LogP contribution in [-0.2, 0) is 9.53 Å². The van der Waals surface area contributed by atoms with Gasteiger partial charge in [-0.05, 0) is 18.9 Å². The Morgan fingerprint density at radius 3 is 2.75 bits per heavy atom.